The van der Waals surface area contributed by atoms with Gasteiger partial charge in [0.25, 0.3) is 5.91 Å². The van der Waals surface area contributed by atoms with E-state index in [1.165, 1.54) is 6.92 Å². The second-order valence-corrected chi connectivity index (χ2v) is 6.53. The lowest BCUT2D eigenvalue weighted by Gasteiger charge is -2.31. The van der Waals surface area contributed by atoms with E-state index in [0.29, 0.717) is 45.8 Å². The number of ketones is 1. The van der Waals surface area contributed by atoms with Crippen molar-refractivity contribution in [3.63, 3.8) is 0 Å². The summed E-state index contributed by atoms with van der Waals surface area (Å²) >= 11 is 0. The van der Waals surface area contributed by atoms with Crippen LogP contribution in [0.25, 0.3) is 0 Å². The zero-order valence-electron chi connectivity index (χ0n) is 15.5. The number of piperazine rings is 1. The predicted molar refractivity (Wildman–Crippen MR) is 96.9 cm³/mol. The lowest BCUT2D eigenvalue weighted by Crippen LogP contribution is -3.16. The SMILES string of the molecule is CCOC(=O)N1CC[NH+](CC(=O)N[C@@H](Cc2ccccc2)C(C)=O)CC1. The van der Waals surface area contributed by atoms with Crippen molar-refractivity contribution in [2.24, 2.45) is 0 Å². The highest BCUT2D eigenvalue weighted by molar-refractivity contribution is 5.88. The maximum Gasteiger partial charge on any atom is 0.410 e. The van der Waals surface area contributed by atoms with E-state index in [-0.39, 0.29) is 17.8 Å². The number of Topliss-reactive ketones (excluding diaryl/α,β-unsaturated/α-hetero) is 1. The molecule has 0 unspecified atom stereocenters. The number of quaternary nitrogens is 1. The molecular formula is C19H28N3O4+. The molecule has 1 aromatic rings. The fourth-order valence-corrected chi connectivity index (χ4v) is 3.02. The summed E-state index contributed by atoms with van der Waals surface area (Å²) in [6, 6.07) is 9.14. The van der Waals surface area contributed by atoms with Crippen LogP contribution < -0.4 is 10.2 Å². The first kappa shape index (κ1) is 19.9. The van der Waals surface area contributed by atoms with Crippen molar-refractivity contribution in [3.8, 4) is 0 Å². The smallest absolute Gasteiger partial charge is 0.410 e. The summed E-state index contributed by atoms with van der Waals surface area (Å²) in [5, 5.41) is 2.85. The minimum absolute atomic E-state index is 0.0515. The lowest BCUT2D eigenvalue weighted by atomic mass is 10.0. The van der Waals surface area contributed by atoms with E-state index in [9.17, 15) is 14.4 Å². The summed E-state index contributed by atoms with van der Waals surface area (Å²) in [7, 11) is 0. The highest BCUT2D eigenvalue weighted by atomic mass is 16.6. The number of benzene rings is 1. The molecule has 0 spiro atoms. The molecule has 0 bridgehead atoms. The number of carbonyl (C=O) groups is 3. The van der Waals surface area contributed by atoms with Gasteiger partial charge in [0.15, 0.2) is 12.3 Å². The molecule has 0 aliphatic carbocycles. The summed E-state index contributed by atoms with van der Waals surface area (Å²) < 4.78 is 4.99. The number of hydrogen-bond donors (Lipinski definition) is 2. The van der Waals surface area contributed by atoms with Crippen molar-refractivity contribution >= 4 is 17.8 Å². The third-order valence-electron chi connectivity index (χ3n) is 4.52. The fraction of sp³-hybridized carbons (Fsp3) is 0.526. The molecule has 7 nitrogen and oxygen atoms in total. The van der Waals surface area contributed by atoms with Crippen molar-refractivity contribution in [1.29, 1.82) is 0 Å². The lowest BCUT2D eigenvalue weighted by molar-refractivity contribution is -0.896. The van der Waals surface area contributed by atoms with Crippen molar-refractivity contribution < 1.29 is 24.0 Å². The van der Waals surface area contributed by atoms with Gasteiger partial charge in [-0.2, -0.15) is 0 Å². The molecule has 0 radical (unpaired) electrons. The summed E-state index contributed by atoms with van der Waals surface area (Å²) in [5.41, 5.74) is 1.02. The van der Waals surface area contributed by atoms with Crippen molar-refractivity contribution in [3.05, 3.63) is 35.9 Å². The van der Waals surface area contributed by atoms with Gasteiger partial charge in [-0.15, -0.1) is 0 Å². The molecule has 1 aromatic carbocycles. The summed E-state index contributed by atoms with van der Waals surface area (Å²) in [5.74, 6) is -0.190. The van der Waals surface area contributed by atoms with Gasteiger partial charge in [-0.1, -0.05) is 30.3 Å². The maximum atomic E-state index is 12.3. The van der Waals surface area contributed by atoms with Crippen molar-refractivity contribution in [2.75, 3.05) is 39.3 Å². The Morgan fingerprint density at radius 2 is 1.85 bits per heavy atom. The highest BCUT2D eigenvalue weighted by Gasteiger charge is 2.27. The number of nitrogens with one attached hydrogen (secondary N) is 2. The molecule has 1 atom stereocenters. The molecular weight excluding hydrogens is 334 g/mol. The van der Waals surface area contributed by atoms with Crippen LogP contribution in [0.4, 0.5) is 4.79 Å². The number of nitrogens with zero attached hydrogens (tertiary/aromatic N) is 1. The first-order valence-corrected chi connectivity index (χ1v) is 9.08. The quantitative estimate of drug-likeness (QED) is 0.696. The van der Waals surface area contributed by atoms with Gasteiger partial charge in [-0.3, -0.25) is 14.5 Å². The molecule has 1 heterocycles. The van der Waals surface area contributed by atoms with E-state index >= 15 is 0 Å². The number of ether oxygens (including phenoxy) is 1. The first-order chi connectivity index (χ1) is 12.5. The van der Waals surface area contributed by atoms with Crippen LogP contribution in [0.2, 0.25) is 0 Å². The van der Waals surface area contributed by atoms with Crippen LogP contribution >= 0.6 is 0 Å². The van der Waals surface area contributed by atoms with Gasteiger partial charge in [0.1, 0.15) is 0 Å². The minimum atomic E-state index is -0.509. The highest BCUT2D eigenvalue weighted by Crippen LogP contribution is 2.04. The molecule has 1 aliphatic heterocycles. The summed E-state index contributed by atoms with van der Waals surface area (Å²) in [6.45, 7) is 6.47. The Labute approximate surface area is 154 Å². The van der Waals surface area contributed by atoms with Crippen LogP contribution in [0.3, 0.4) is 0 Å². The first-order valence-electron chi connectivity index (χ1n) is 9.08. The average Bonchev–Trinajstić information content (AvgIpc) is 2.62. The Bertz CT molecular complexity index is 612. The Morgan fingerprint density at radius 1 is 1.19 bits per heavy atom. The monoisotopic (exact) mass is 362 g/mol. The minimum Gasteiger partial charge on any atom is -0.450 e. The van der Waals surface area contributed by atoms with Crippen LogP contribution in [0.15, 0.2) is 30.3 Å². The van der Waals surface area contributed by atoms with E-state index in [2.05, 4.69) is 5.32 Å². The molecule has 1 saturated heterocycles. The van der Waals surface area contributed by atoms with Gasteiger partial charge in [0.2, 0.25) is 0 Å². The summed E-state index contributed by atoms with van der Waals surface area (Å²) in [4.78, 5) is 38.7. The van der Waals surface area contributed by atoms with Crippen LogP contribution in [0.1, 0.15) is 19.4 Å². The van der Waals surface area contributed by atoms with Crippen LogP contribution in [-0.2, 0) is 20.7 Å². The van der Waals surface area contributed by atoms with Gasteiger partial charge >= 0.3 is 6.09 Å². The van der Waals surface area contributed by atoms with Crippen molar-refractivity contribution in [1.82, 2.24) is 10.2 Å². The zero-order chi connectivity index (χ0) is 18.9. The topological polar surface area (TPSA) is 80.2 Å². The van der Waals surface area contributed by atoms with Crippen molar-refractivity contribution in [2.45, 2.75) is 26.3 Å². The van der Waals surface area contributed by atoms with E-state index in [4.69, 9.17) is 4.74 Å². The van der Waals surface area contributed by atoms with Crippen LogP contribution in [0, 0.1) is 0 Å². The van der Waals surface area contributed by atoms with E-state index in [1.807, 2.05) is 30.3 Å². The molecule has 1 fully saturated rings. The Hall–Kier alpha value is -2.41. The van der Waals surface area contributed by atoms with E-state index < -0.39 is 6.04 Å². The molecule has 0 saturated carbocycles. The number of carbonyl (C=O) groups excluding carboxylic acids is 3. The average molecular weight is 362 g/mol. The van der Waals surface area contributed by atoms with Crippen LogP contribution in [-0.4, -0.2) is 68.1 Å². The fourth-order valence-electron chi connectivity index (χ4n) is 3.02. The van der Waals surface area contributed by atoms with Crippen LogP contribution in [0.5, 0.6) is 0 Å². The predicted octanol–water partition coefficient (Wildman–Crippen LogP) is -0.340. The maximum absolute atomic E-state index is 12.3. The molecule has 2 amide bonds. The second-order valence-electron chi connectivity index (χ2n) is 6.53. The van der Waals surface area contributed by atoms with Gasteiger partial charge in [0.05, 0.1) is 38.8 Å². The van der Waals surface area contributed by atoms with Gasteiger partial charge in [-0.05, 0) is 25.8 Å². The van der Waals surface area contributed by atoms with Gasteiger partial charge < -0.3 is 15.0 Å². The Morgan fingerprint density at radius 3 is 2.42 bits per heavy atom. The van der Waals surface area contributed by atoms with Gasteiger partial charge in [-0.25, -0.2) is 4.79 Å². The molecule has 0 aromatic heterocycles. The number of hydrogen-bond acceptors (Lipinski definition) is 4. The molecule has 2 rings (SSSR count). The molecule has 7 heteroatoms. The second kappa shape index (κ2) is 9.91. The molecule has 1 aliphatic rings. The number of amides is 2. The van der Waals surface area contributed by atoms with E-state index in [0.717, 1.165) is 10.5 Å². The standard InChI is InChI=1S/C19H27N3O4/c1-3-26-19(25)22-11-9-21(10-12-22)14-18(24)20-17(15(2)23)13-16-7-5-4-6-8-16/h4-8,17H,3,9-14H2,1-2H3,(H,20,24)/p+1/t17-/m0/s1. The largest absolute Gasteiger partial charge is 0.450 e. The number of rotatable bonds is 7. The normalized spacial score (nSPS) is 16.0. The third-order valence-corrected chi connectivity index (χ3v) is 4.52. The Balaban J connectivity index is 1.80. The molecule has 2 N–H and O–H groups in total. The zero-order valence-corrected chi connectivity index (χ0v) is 15.5. The molecule has 142 valence electrons. The third kappa shape index (κ3) is 6.15. The van der Waals surface area contributed by atoms with E-state index in [1.54, 1.807) is 11.8 Å². The summed E-state index contributed by atoms with van der Waals surface area (Å²) in [6.07, 6.45) is 0.198. The Kier molecular flexibility index (Phi) is 7.59. The van der Waals surface area contributed by atoms with Gasteiger partial charge in [0, 0.05) is 0 Å². The molecule has 26 heavy (non-hydrogen) atoms.